The molecule has 5 nitrogen and oxygen atoms in total. The summed E-state index contributed by atoms with van der Waals surface area (Å²) in [6.07, 6.45) is 8.18. The lowest BCUT2D eigenvalue weighted by molar-refractivity contribution is -0.146. The zero-order chi connectivity index (χ0) is 22.2. The fourth-order valence-electron chi connectivity index (χ4n) is 6.89. The summed E-state index contributed by atoms with van der Waals surface area (Å²) in [6, 6.07) is 5.77. The van der Waals surface area contributed by atoms with Gasteiger partial charge in [0.05, 0.1) is 16.0 Å². The number of nitrogens with zero attached hydrogens (tertiary/aromatic N) is 2. The zero-order valence-corrected chi connectivity index (χ0v) is 20.1. The van der Waals surface area contributed by atoms with Gasteiger partial charge in [0.15, 0.2) is 0 Å². The third kappa shape index (κ3) is 4.77. The van der Waals surface area contributed by atoms with E-state index in [9.17, 15) is 9.90 Å². The van der Waals surface area contributed by atoms with Crippen LogP contribution in [0.15, 0.2) is 18.2 Å². The van der Waals surface area contributed by atoms with Gasteiger partial charge in [-0.05, 0) is 87.9 Å². The predicted molar refractivity (Wildman–Crippen MR) is 127 cm³/mol. The molecule has 2 unspecified atom stereocenters. The van der Waals surface area contributed by atoms with Gasteiger partial charge >= 0.3 is 5.97 Å². The molecule has 176 valence electrons. The second-order valence-corrected chi connectivity index (χ2v) is 11.2. The molecule has 2 saturated carbocycles. The molecule has 4 fully saturated rings. The van der Waals surface area contributed by atoms with E-state index in [4.69, 9.17) is 27.9 Å². The van der Waals surface area contributed by atoms with Gasteiger partial charge in [0, 0.05) is 31.7 Å². The molecule has 0 aromatic heterocycles. The number of piperidine rings is 2. The van der Waals surface area contributed by atoms with E-state index in [1.54, 1.807) is 12.1 Å². The van der Waals surface area contributed by atoms with Crippen molar-refractivity contribution in [2.75, 3.05) is 32.7 Å². The highest BCUT2D eigenvalue weighted by molar-refractivity contribution is 6.42. The summed E-state index contributed by atoms with van der Waals surface area (Å²) in [5, 5.41) is 10.9. The highest BCUT2D eigenvalue weighted by Crippen LogP contribution is 2.51. The lowest BCUT2D eigenvalue weighted by Crippen LogP contribution is -2.51. The van der Waals surface area contributed by atoms with Crippen LogP contribution in [0.5, 0.6) is 5.75 Å². The van der Waals surface area contributed by atoms with Gasteiger partial charge in [0.2, 0.25) is 0 Å². The Kier molecular flexibility index (Phi) is 6.90. The number of hydrogen-bond acceptors (Lipinski definition) is 4. The minimum Gasteiger partial charge on any atom is -0.490 e. The topological polar surface area (TPSA) is 53.0 Å². The van der Waals surface area contributed by atoms with Crippen LogP contribution in [0.2, 0.25) is 10.0 Å². The van der Waals surface area contributed by atoms with Crippen molar-refractivity contribution in [3.8, 4) is 5.75 Å². The highest BCUT2D eigenvalue weighted by atomic mass is 35.5. The van der Waals surface area contributed by atoms with Crippen molar-refractivity contribution in [2.45, 2.75) is 57.1 Å². The second kappa shape index (κ2) is 9.69. The van der Waals surface area contributed by atoms with Gasteiger partial charge in [-0.25, -0.2) is 0 Å². The Morgan fingerprint density at radius 3 is 2.38 bits per heavy atom. The van der Waals surface area contributed by atoms with E-state index in [1.165, 1.54) is 19.3 Å². The number of aliphatic carboxylic acids is 1. The van der Waals surface area contributed by atoms with E-state index in [1.807, 2.05) is 6.07 Å². The van der Waals surface area contributed by atoms with Crippen LogP contribution in [-0.2, 0) is 4.79 Å². The van der Waals surface area contributed by atoms with E-state index < -0.39 is 5.97 Å². The molecule has 0 spiro atoms. The molecule has 4 atom stereocenters. The van der Waals surface area contributed by atoms with Crippen LogP contribution in [0.3, 0.4) is 0 Å². The number of hydrogen-bond donors (Lipinski definition) is 1. The molecule has 1 N–H and O–H groups in total. The van der Waals surface area contributed by atoms with E-state index >= 15 is 0 Å². The summed E-state index contributed by atoms with van der Waals surface area (Å²) >= 11 is 12.1. The van der Waals surface area contributed by atoms with Gasteiger partial charge < -0.3 is 14.7 Å². The van der Waals surface area contributed by atoms with Crippen LogP contribution in [0, 0.1) is 23.7 Å². The van der Waals surface area contributed by atoms with Crippen LogP contribution in [0.4, 0.5) is 0 Å². The molecule has 0 amide bonds. The van der Waals surface area contributed by atoms with Crippen LogP contribution < -0.4 is 4.74 Å². The first kappa shape index (κ1) is 22.8. The second-order valence-electron chi connectivity index (χ2n) is 10.4. The quantitative estimate of drug-likeness (QED) is 0.617. The number of carbonyl (C=O) groups is 1. The standard InChI is InChI=1S/C25H34Cl2N2O3/c26-21-4-3-20(14-22(21)27)32-19-7-9-28(10-8-19)15-16-5-11-29(12-6-16)24-18-2-1-17(13-18)23(24)25(30)31/h3-4,14,16-19,23-24H,1-2,5-13,15H2,(H,30,31)/t17?,18?,23-,24+/m0/s1. The summed E-state index contributed by atoms with van der Waals surface area (Å²) in [5.41, 5.74) is 0. The Morgan fingerprint density at radius 1 is 0.969 bits per heavy atom. The first-order valence-electron chi connectivity index (χ1n) is 12.3. The van der Waals surface area contributed by atoms with Crippen LogP contribution in [-0.4, -0.2) is 65.7 Å². The Hall–Kier alpha value is -1.01. The summed E-state index contributed by atoms with van der Waals surface area (Å²) in [5.74, 6) is 1.88. The fourth-order valence-corrected chi connectivity index (χ4v) is 7.17. The molecule has 2 heterocycles. The van der Waals surface area contributed by atoms with E-state index in [0.29, 0.717) is 27.9 Å². The number of rotatable bonds is 6. The minimum atomic E-state index is -0.560. The van der Waals surface area contributed by atoms with Crippen molar-refractivity contribution in [3.63, 3.8) is 0 Å². The Labute approximate surface area is 201 Å². The average molecular weight is 481 g/mol. The van der Waals surface area contributed by atoms with E-state index in [0.717, 1.165) is 70.1 Å². The third-order valence-electron chi connectivity index (χ3n) is 8.47. The van der Waals surface area contributed by atoms with Crippen molar-refractivity contribution >= 4 is 29.2 Å². The number of ether oxygens (including phenoxy) is 1. The number of fused-ring (bicyclic) bond motifs is 2. The van der Waals surface area contributed by atoms with Crippen molar-refractivity contribution in [1.82, 2.24) is 9.80 Å². The van der Waals surface area contributed by atoms with Gasteiger partial charge in [0.1, 0.15) is 11.9 Å². The third-order valence-corrected chi connectivity index (χ3v) is 9.21. The molecule has 7 heteroatoms. The predicted octanol–water partition coefficient (Wildman–Crippen LogP) is 5.05. The van der Waals surface area contributed by atoms with Gasteiger partial charge in [-0.15, -0.1) is 0 Å². The fraction of sp³-hybridized carbons (Fsp3) is 0.720. The molecule has 4 aliphatic rings. The maximum Gasteiger partial charge on any atom is 0.308 e. The number of halogens is 2. The largest absolute Gasteiger partial charge is 0.490 e. The Bertz CT molecular complexity index is 821. The lowest BCUT2D eigenvalue weighted by Gasteiger charge is -2.43. The maximum atomic E-state index is 11.9. The monoisotopic (exact) mass is 480 g/mol. The number of likely N-dealkylation sites (tertiary alicyclic amines) is 2. The first-order chi connectivity index (χ1) is 15.5. The number of benzene rings is 1. The van der Waals surface area contributed by atoms with Crippen LogP contribution >= 0.6 is 23.2 Å². The molecule has 1 aromatic carbocycles. The van der Waals surface area contributed by atoms with Gasteiger partial charge in [-0.2, -0.15) is 0 Å². The van der Waals surface area contributed by atoms with E-state index in [2.05, 4.69) is 9.80 Å². The molecule has 5 rings (SSSR count). The Morgan fingerprint density at radius 2 is 1.69 bits per heavy atom. The van der Waals surface area contributed by atoms with Crippen molar-refractivity contribution in [3.05, 3.63) is 28.2 Å². The molecule has 0 radical (unpaired) electrons. The molecule has 2 aliphatic carbocycles. The van der Waals surface area contributed by atoms with Gasteiger partial charge in [0.25, 0.3) is 0 Å². The first-order valence-corrected chi connectivity index (χ1v) is 13.0. The summed E-state index contributed by atoms with van der Waals surface area (Å²) in [7, 11) is 0. The van der Waals surface area contributed by atoms with Crippen LogP contribution in [0.1, 0.15) is 44.9 Å². The molecule has 2 aliphatic heterocycles. The summed E-state index contributed by atoms with van der Waals surface area (Å²) < 4.78 is 6.13. The van der Waals surface area contributed by atoms with Gasteiger partial charge in [-0.3, -0.25) is 9.69 Å². The smallest absolute Gasteiger partial charge is 0.308 e. The van der Waals surface area contributed by atoms with Crippen molar-refractivity contribution in [2.24, 2.45) is 23.7 Å². The normalized spacial score (nSPS) is 32.4. The molecule has 2 saturated heterocycles. The SMILES string of the molecule is O=C(O)[C@H]1C2CCC(C2)[C@H]1N1CCC(CN2CCC(Oc3ccc(Cl)c(Cl)c3)CC2)CC1. The van der Waals surface area contributed by atoms with Crippen LogP contribution in [0.25, 0.3) is 0 Å². The number of carboxylic acid groups (broad SMARTS) is 1. The molecule has 2 bridgehead atoms. The molecular weight excluding hydrogens is 447 g/mol. The van der Waals surface area contributed by atoms with Gasteiger partial charge in [-0.1, -0.05) is 23.2 Å². The lowest BCUT2D eigenvalue weighted by atomic mass is 9.82. The average Bonchev–Trinajstić information content (AvgIpc) is 3.40. The zero-order valence-electron chi connectivity index (χ0n) is 18.6. The molecule has 32 heavy (non-hydrogen) atoms. The summed E-state index contributed by atoms with van der Waals surface area (Å²) in [4.78, 5) is 17.0. The number of carboxylic acids is 1. The van der Waals surface area contributed by atoms with E-state index in [-0.39, 0.29) is 12.0 Å². The van der Waals surface area contributed by atoms with Crippen molar-refractivity contribution in [1.29, 1.82) is 0 Å². The molecule has 1 aromatic rings. The van der Waals surface area contributed by atoms with Crippen molar-refractivity contribution < 1.29 is 14.6 Å². The highest BCUT2D eigenvalue weighted by Gasteiger charge is 2.53. The maximum absolute atomic E-state index is 11.9. The Balaban J connectivity index is 1.06. The minimum absolute atomic E-state index is 0.125. The summed E-state index contributed by atoms with van der Waals surface area (Å²) in [6.45, 7) is 5.43. The molecular formula is C25H34Cl2N2O3.